The van der Waals surface area contributed by atoms with Gasteiger partial charge in [-0.2, -0.15) is 0 Å². The van der Waals surface area contributed by atoms with Crippen LogP contribution in [-0.2, 0) is 26.8 Å². The van der Waals surface area contributed by atoms with Gasteiger partial charge in [0.15, 0.2) is 11.5 Å². The van der Waals surface area contributed by atoms with Gasteiger partial charge < -0.3 is 18.7 Å². The first-order chi connectivity index (χ1) is 20.5. The lowest BCUT2D eigenvalue weighted by atomic mass is 10.1. The highest BCUT2D eigenvalue weighted by Gasteiger charge is 2.30. The molecule has 7 nitrogen and oxygen atoms in total. The normalized spacial score (nSPS) is 11.6. The van der Waals surface area contributed by atoms with Gasteiger partial charge in [0, 0.05) is 10.1 Å². The lowest BCUT2D eigenvalue weighted by Crippen LogP contribution is -2.04. The van der Waals surface area contributed by atoms with E-state index in [9.17, 15) is 4.57 Å². The van der Waals surface area contributed by atoms with Gasteiger partial charge in [-0.15, -0.1) is 11.3 Å². The van der Waals surface area contributed by atoms with Gasteiger partial charge in [-0.3, -0.25) is 9.05 Å². The van der Waals surface area contributed by atoms with Crippen molar-refractivity contribution >= 4 is 41.4 Å². The number of ether oxygens (including phenoxy) is 3. The maximum Gasteiger partial charge on any atom is 0.530 e. The maximum atomic E-state index is 14.1. The standard InChI is InChI=1S/C33H31O7PS/c1-35-30-19-26(20-31(36-2)33(30)37-3)14-15-27-18-29(28-16-17-42-32(28)21-27)40-41(34,38-22-24-10-6-4-7-11-24)39-23-25-12-8-5-9-13-25/h4-21H,22-23H2,1-3H3/b15-14-. The van der Waals surface area contributed by atoms with Crippen molar-refractivity contribution in [3.8, 4) is 23.0 Å². The number of fused-ring (bicyclic) bond motifs is 1. The SMILES string of the molecule is COc1cc(/C=C\c2cc(OP(=O)(OCc3ccccc3)OCc3ccccc3)c3ccsc3c2)cc(OC)c1OC. The molecule has 4 aromatic carbocycles. The monoisotopic (exact) mass is 602 g/mol. The molecular weight excluding hydrogens is 571 g/mol. The molecule has 0 unspecified atom stereocenters. The third kappa shape index (κ3) is 7.22. The molecule has 0 atom stereocenters. The molecule has 9 heteroatoms. The first-order valence-electron chi connectivity index (χ1n) is 13.2. The molecule has 0 N–H and O–H groups in total. The Morgan fingerprint density at radius 1 is 0.667 bits per heavy atom. The quantitative estimate of drug-likeness (QED) is 0.0984. The van der Waals surface area contributed by atoms with E-state index >= 15 is 0 Å². The number of thiophene rings is 1. The van der Waals surface area contributed by atoms with Crippen molar-refractivity contribution in [2.24, 2.45) is 0 Å². The van der Waals surface area contributed by atoms with Gasteiger partial charge in [-0.1, -0.05) is 72.8 Å². The van der Waals surface area contributed by atoms with Crippen molar-refractivity contribution in [2.75, 3.05) is 21.3 Å². The lowest BCUT2D eigenvalue weighted by Gasteiger charge is -2.20. The van der Waals surface area contributed by atoms with Gasteiger partial charge >= 0.3 is 7.82 Å². The molecule has 5 aromatic rings. The third-order valence-corrected chi connectivity index (χ3v) is 8.56. The average Bonchev–Trinajstić information content (AvgIpc) is 3.51. The maximum absolute atomic E-state index is 14.1. The van der Waals surface area contributed by atoms with Crippen LogP contribution in [0, 0.1) is 0 Å². The van der Waals surface area contributed by atoms with Gasteiger partial charge in [-0.05, 0) is 58.0 Å². The van der Waals surface area contributed by atoms with E-state index < -0.39 is 7.82 Å². The summed E-state index contributed by atoms with van der Waals surface area (Å²) in [5.74, 6) is 2.04. The van der Waals surface area contributed by atoms with Crippen LogP contribution in [0.1, 0.15) is 22.3 Å². The molecule has 0 amide bonds. The zero-order chi connectivity index (χ0) is 29.4. The van der Waals surface area contributed by atoms with Crippen LogP contribution in [0.15, 0.2) is 96.4 Å². The summed E-state index contributed by atoms with van der Waals surface area (Å²) in [7, 11) is 0.684. The summed E-state index contributed by atoms with van der Waals surface area (Å²) in [5.41, 5.74) is 3.40. The Bertz CT molecular complexity index is 1630. The fourth-order valence-corrected chi connectivity index (χ4v) is 6.32. The zero-order valence-corrected chi connectivity index (χ0v) is 25.2. The first kappa shape index (κ1) is 29.4. The molecular formula is C33H31O7PS. The second-order valence-corrected chi connectivity index (χ2v) is 11.7. The summed E-state index contributed by atoms with van der Waals surface area (Å²) < 4.78 is 49.3. The predicted molar refractivity (Wildman–Crippen MR) is 168 cm³/mol. The molecule has 0 radical (unpaired) electrons. The lowest BCUT2D eigenvalue weighted by molar-refractivity contribution is 0.143. The largest absolute Gasteiger partial charge is 0.530 e. The van der Waals surface area contributed by atoms with Crippen LogP contribution < -0.4 is 18.7 Å². The highest BCUT2D eigenvalue weighted by atomic mass is 32.1. The summed E-state index contributed by atoms with van der Waals surface area (Å²) in [6, 6.07) is 28.5. The summed E-state index contributed by atoms with van der Waals surface area (Å²) in [4.78, 5) is 0. The van der Waals surface area contributed by atoms with Crippen molar-refractivity contribution in [3.05, 3.63) is 119 Å². The molecule has 0 fully saturated rings. The van der Waals surface area contributed by atoms with Crippen LogP contribution in [0.3, 0.4) is 0 Å². The van der Waals surface area contributed by atoms with Crippen LogP contribution in [0.2, 0.25) is 0 Å². The van der Waals surface area contributed by atoms with Gasteiger partial charge in [0.05, 0.1) is 34.5 Å². The highest BCUT2D eigenvalue weighted by molar-refractivity contribution is 7.48. The molecule has 1 heterocycles. The van der Waals surface area contributed by atoms with E-state index in [0.29, 0.717) is 23.0 Å². The number of rotatable bonds is 13. The Labute approximate surface area is 249 Å². The van der Waals surface area contributed by atoms with Gasteiger partial charge in [0.2, 0.25) is 5.75 Å². The molecule has 0 spiro atoms. The molecule has 0 aliphatic heterocycles. The topological polar surface area (TPSA) is 72.5 Å². The molecule has 0 saturated heterocycles. The minimum atomic E-state index is -4.05. The van der Waals surface area contributed by atoms with E-state index in [4.69, 9.17) is 27.8 Å². The second-order valence-electron chi connectivity index (χ2n) is 9.20. The Balaban J connectivity index is 1.45. The van der Waals surface area contributed by atoms with Gasteiger partial charge in [0.1, 0.15) is 5.75 Å². The molecule has 0 saturated carbocycles. The van der Waals surface area contributed by atoms with E-state index in [2.05, 4.69) is 0 Å². The molecule has 0 aliphatic rings. The van der Waals surface area contributed by atoms with Crippen LogP contribution in [-0.4, -0.2) is 21.3 Å². The van der Waals surface area contributed by atoms with E-state index in [-0.39, 0.29) is 13.2 Å². The van der Waals surface area contributed by atoms with Crippen LogP contribution in [0.4, 0.5) is 0 Å². The molecule has 5 rings (SSSR count). The van der Waals surface area contributed by atoms with Crippen molar-refractivity contribution in [1.82, 2.24) is 0 Å². The number of phosphoric ester groups is 1. The first-order valence-corrected chi connectivity index (χ1v) is 15.5. The van der Waals surface area contributed by atoms with Crippen molar-refractivity contribution < 1.29 is 32.3 Å². The summed E-state index contributed by atoms with van der Waals surface area (Å²) in [5, 5.41) is 2.78. The molecule has 0 bridgehead atoms. The Kier molecular flexibility index (Phi) is 9.62. The fourth-order valence-electron chi connectivity index (χ4n) is 4.29. The Morgan fingerprint density at radius 2 is 1.19 bits per heavy atom. The minimum Gasteiger partial charge on any atom is -0.493 e. The number of hydrogen-bond donors (Lipinski definition) is 0. The molecule has 42 heavy (non-hydrogen) atoms. The minimum absolute atomic E-state index is 0.0699. The predicted octanol–water partition coefficient (Wildman–Crippen LogP) is 9.02. The average molecular weight is 603 g/mol. The van der Waals surface area contributed by atoms with Crippen LogP contribution in [0.5, 0.6) is 23.0 Å². The van der Waals surface area contributed by atoms with E-state index in [1.54, 1.807) is 32.7 Å². The fraction of sp³-hybridized carbons (Fsp3) is 0.152. The number of methoxy groups -OCH3 is 3. The van der Waals surface area contributed by atoms with Crippen LogP contribution >= 0.6 is 19.2 Å². The van der Waals surface area contributed by atoms with Crippen molar-refractivity contribution in [3.63, 3.8) is 0 Å². The van der Waals surface area contributed by atoms with E-state index in [0.717, 1.165) is 32.3 Å². The zero-order valence-electron chi connectivity index (χ0n) is 23.5. The van der Waals surface area contributed by atoms with Gasteiger partial charge in [0.25, 0.3) is 0 Å². The number of benzene rings is 4. The third-order valence-electron chi connectivity index (χ3n) is 6.39. The molecule has 1 aromatic heterocycles. The highest BCUT2D eigenvalue weighted by Crippen LogP contribution is 2.52. The molecule has 216 valence electrons. The second kappa shape index (κ2) is 13.7. The number of phosphoric acid groups is 1. The van der Waals surface area contributed by atoms with E-state index in [1.165, 1.54) is 0 Å². The Morgan fingerprint density at radius 3 is 1.71 bits per heavy atom. The summed E-state index contributed by atoms with van der Waals surface area (Å²) in [6.45, 7) is 0.140. The summed E-state index contributed by atoms with van der Waals surface area (Å²) in [6.07, 6.45) is 3.87. The van der Waals surface area contributed by atoms with Gasteiger partial charge in [-0.25, -0.2) is 4.57 Å². The van der Waals surface area contributed by atoms with Crippen molar-refractivity contribution in [2.45, 2.75) is 13.2 Å². The van der Waals surface area contributed by atoms with Crippen LogP contribution in [0.25, 0.3) is 22.2 Å². The summed E-state index contributed by atoms with van der Waals surface area (Å²) >= 11 is 1.56. The molecule has 0 aliphatic carbocycles. The number of hydrogen-bond acceptors (Lipinski definition) is 8. The van der Waals surface area contributed by atoms with Crippen molar-refractivity contribution in [1.29, 1.82) is 0 Å². The smallest absolute Gasteiger partial charge is 0.493 e. The Hall–Kier alpha value is -4.07. The van der Waals surface area contributed by atoms with E-state index in [1.807, 2.05) is 109 Å².